The third-order valence-corrected chi connectivity index (χ3v) is 6.82. The zero-order valence-electron chi connectivity index (χ0n) is 18.5. The van der Waals surface area contributed by atoms with Gasteiger partial charge in [0.15, 0.2) is 0 Å². The van der Waals surface area contributed by atoms with Crippen molar-refractivity contribution in [3.05, 3.63) is 105 Å². The molecule has 5 rings (SSSR count). The predicted octanol–water partition coefficient (Wildman–Crippen LogP) is 5.74. The molecule has 2 heterocycles. The van der Waals surface area contributed by atoms with Crippen molar-refractivity contribution in [2.24, 2.45) is 4.99 Å². The summed E-state index contributed by atoms with van der Waals surface area (Å²) in [6.07, 6.45) is 0. The molecule has 0 spiro atoms. The molecule has 3 aromatic carbocycles. The molecule has 178 valence electrons. The molecule has 3 aromatic rings. The second-order valence-corrected chi connectivity index (χ2v) is 9.69. The summed E-state index contributed by atoms with van der Waals surface area (Å²) in [6.45, 7) is 0.786. The zero-order valence-corrected chi connectivity index (χ0v) is 20.8. The number of aliphatic imine (C=N–C) groups is 1. The van der Waals surface area contributed by atoms with E-state index < -0.39 is 12.1 Å². The number of nitrogens with one attached hydrogen (secondary N) is 1. The number of carbonyl (C=O) groups excluding carboxylic acids is 2. The molecule has 0 saturated carbocycles. The van der Waals surface area contributed by atoms with Gasteiger partial charge in [0.2, 0.25) is 5.91 Å². The van der Waals surface area contributed by atoms with Crippen molar-refractivity contribution in [1.82, 2.24) is 15.1 Å². The van der Waals surface area contributed by atoms with Crippen LogP contribution in [0.5, 0.6) is 0 Å². The van der Waals surface area contributed by atoms with Gasteiger partial charge in [0.25, 0.3) is 0 Å². The summed E-state index contributed by atoms with van der Waals surface area (Å²) in [4.78, 5) is 34.4. The maximum Gasteiger partial charge on any atom is 0.326 e. The number of halogens is 3. The van der Waals surface area contributed by atoms with E-state index in [0.29, 0.717) is 34.0 Å². The lowest BCUT2D eigenvalue weighted by molar-refractivity contribution is -0.123. The van der Waals surface area contributed by atoms with Gasteiger partial charge >= 0.3 is 6.03 Å². The minimum atomic E-state index is -0.488. The monoisotopic (exact) mass is 526 g/mol. The van der Waals surface area contributed by atoms with Crippen molar-refractivity contribution in [2.45, 2.75) is 12.1 Å². The summed E-state index contributed by atoms with van der Waals surface area (Å²) in [5.41, 5.74) is 2.48. The second kappa shape index (κ2) is 9.90. The molecular weight excluding hydrogens is 507 g/mol. The summed E-state index contributed by atoms with van der Waals surface area (Å²) in [5, 5.41) is 4.52. The highest BCUT2D eigenvalue weighted by Gasteiger charge is 2.44. The number of hydrogen-bond donors (Lipinski definition) is 1. The average molecular weight is 528 g/mol. The van der Waals surface area contributed by atoms with Crippen LogP contribution >= 0.6 is 34.8 Å². The molecule has 1 fully saturated rings. The molecule has 2 aliphatic heterocycles. The minimum Gasteiger partial charge on any atom is -0.353 e. The van der Waals surface area contributed by atoms with Crippen LogP contribution in [0.4, 0.5) is 4.79 Å². The van der Waals surface area contributed by atoms with Gasteiger partial charge in [-0.2, -0.15) is 0 Å². The number of nitrogens with zero attached hydrogens (tertiary/aromatic N) is 3. The van der Waals surface area contributed by atoms with Crippen LogP contribution in [-0.4, -0.2) is 47.2 Å². The average Bonchev–Trinajstić information content (AvgIpc) is 3.25. The molecule has 6 nitrogen and oxygen atoms in total. The van der Waals surface area contributed by atoms with Crippen LogP contribution in [0.2, 0.25) is 15.1 Å². The van der Waals surface area contributed by atoms with Crippen LogP contribution in [0.15, 0.2) is 77.8 Å². The Bertz CT molecular complexity index is 1290. The van der Waals surface area contributed by atoms with Gasteiger partial charge in [-0.3, -0.25) is 14.7 Å². The Morgan fingerprint density at radius 3 is 2.23 bits per heavy atom. The Balaban J connectivity index is 1.66. The van der Waals surface area contributed by atoms with Crippen LogP contribution in [0.1, 0.15) is 28.8 Å². The van der Waals surface area contributed by atoms with E-state index in [1.807, 2.05) is 54.6 Å². The van der Waals surface area contributed by atoms with E-state index in [0.717, 1.165) is 16.7 Å². The van der Waals surface area contributed by atoms with Gasteiger partial charge in [0.1, 0.15) is 18.4 Å². The topological polar surface area (TPSA) is 65.0 Å². The van der Waals surface area contributed by atoms with Crippen molar-refractivity contribution in [3.8, 4) is 0 Å². The highest BCUT2D eigenvalue weighted by atomic mass is 35.5. The normalized spacial score (nSPS) is 20.0. The summed E-state index contributed by atoms with van der Waals surface area (Å²) < 4.78 is 0. The predicted molar refractivity (Wildman–Crippen MR) is 138 cm³/mol. The van der Waals surface area contributed by atoms with Crippen molar-refractivity contribution in [1.29, 1.82) is 0 Å². The number of benzene rings is 3. The number of hydrogen-bond acceptors (Lipinski definition) is 3. The van der Waals surface area contributed by atoms with Gasteiger partial charge in [-0.15, -0.1) is 0 Å². The Morgan fingerprint density at radius 1 is 0.886 bits per heavy atom. The summed E-state index contributed by atoms with van der Waals surface area (Å²) >= 11 is 18.7. The highest BCUT2D eigenvalue weighted by molar-refractivity contribution is 6.31. The van der Waals surface area contributed by atoms with E-state index in [4.69, 9.17) is 39.8 Å². The van der Waals surface area contributed by atoms with Crippen LogP contribution < -0.4 is 5.32 Å². The maximum atomic E-state index is 14.0. The number of rotatable bonds is 3. The molecule has 1 N–H and O–H groups in total. The number of carbonyl (C=O) groups is 2. The molecule has 2 unspecified atom stereocenters. The standard InChI is InChI=1S/C26H21Cl3N4O2/c27-19-8-4-16(5-9-19)23-24(18-2-1-3-21(29)14-18)33(26(35)32-13-12-30-22(34)15-32)25(31-23)17-6-10-20(28)11-7-17/h1-11,14,23-24H,12-13,15H2,(H,30,34). The molecular formula is C26H21Cl3N4O2. The van der Waals surface area contributed by atoms with Crippen LogP contribution in [0.3, 0.4) is 0 Å². The molecule has 3 amide bonds. The fraction of sp³-hybridized carbons (Fsp3) is 0.192. The van der Waals surface area contributed by atoms with Crippen molar-refractivity contribution < 1.29 is 9.59 Å². The van der Waals surface area contributed by atoms with Gasteiger partial charge in [-0.25, -0.2) is 4.79 Å². The Kier molecular flexibility index (Phi) is 6.69. The molecule has 2 aliphatic rings. The fourth-order valence-corrected chi connectivity index (χ4v) is 4.90. The first kappa shape index (κ1) is 23.7. The molecule has 0 bridgehead atoms. The summed E-state index contributed by atoms with van der Waals surface area (Å²) in [7, 11) is 0. The van der Waals surface area contributed by atoms with Gasteiger partial charge in [-0.1, -0.05) is 59.1 Å². The smallest absolute Gasteiger partial charge is 0.326 e. The van der Waals surface area contributed by atoms with Crippen LogP contribution in [0.25, 0.3) is 0 Å². The third kappa shape index (κ3) is 4.87. The molecule has 2 atom stereocenters. The third-order valence-electron chi connectivity index (χ3n) is 6.09. The van der Waals surface area contributed by atoms with Gasteiger partial charge in [0.05, 0.1) is 6.04 Å². The number of amidine groups is 1. The maximum absolute atomic E-state index is 14.0. The Labute approximate surface area is 218 Å². The molecule has 0 radical (unpaired) electrons. The van der Waals surface area contributed by atoms with E-state index in [2.05, 4.69) is 5.32 Å². The number of amides is 3. The molecule has 1 saturated heterocycles. The van der Waals surface area contributed by atoms with E-state index in [-0.39, 0.29) is 18.5 Å². The van der Waals surface area contributed by atoms with E-state index >= 15 is 0 Å². The Hall–Kier alpha value is -3.06. The van der Waals surface area contributed by atoms with Crippen molar-refractivity contribution >= 4 is 52.6 Å². The quantitative estimate of drug-likeness (QED) is 0.472. The molecule has 0 aromatic heterocycles. The minimum absolute atomic E-state index is 0.0168. The summed E-state index contributed by atoms with van der Waals surface area (Å²) in [6, 6.07) is 20.9. The van der Waals surface area contributed by atoms with Crippen LogP contribution in [0, 0.1) is 0 Å². The van der Waals surface area contributed by atoms with Gasteiger partial charge in [-0.05, 0) is 59.7 Å². The van der Waals surface area contributed by atoms with Gasteiger partial charge < -0.3 is 10.2 Å². The zero-order chi connectivity index (χ0) is 24.5. The van der Waals surface area contributed by atoms with E-state index in [1.54, 1.807) is 28.0 Å². The summed E-state index contributed by atoms with van der Waals surface area (Å²) in [5.74, 6) is 0.310. The van der Waals surface area contributed by atoms with Gasteiger partial charge in [0, 0.05) is 33.7 Å². The second-order valence-electron chi connectivity index (χ2n) is 8.38. The van der Waals surface area contributed by atoms with Crippen molar-refractivity contribution in [2.75, 3.05) is 19.6 Å². The van der Waals surface area contributed by atoms with Crippen molar-refractivity contribution in [3.63, 3.8) is 0 Å². The fourth-order valence-electron chi connectivity index (χ4n) is 4.45. The first-order valence-corrected chi connectivity index (χ1v) is 12.2. The first-order valence-electron chi connectivity index (χ1n) is 11.1. The molecule has 9 heteroatoms. The number of piperazine rings is 1. The highest BCUT2D eigenvalue weighted by Crippen LogP contribution is 2.44. The lowest BCUT2D eigenvalue weighted by Crippen LogP contribution is -2.55. The van der Waals surface area contributed by atoms with E-state index in [9.17, 15) is 9.59 Å². The molecule has 35 heavy (non-hydrogen) atoms. The largest absolute Gasteiger partial charge is 0.353 e. The molecule has 0 aliphatic carbocycles. The lowest BCUT2D eigenvalue weighted by atomic mass is 9.93. The first-order chi connectivity index (χ1) is 16.9. The number of urea groups is 1. The lowest BCUT2D eigenvalue weighted by Gasteiger charge is -2.35. The van der Waals surface area contributed by atoms with E-state index in [1.165, 1.54) is 0 Å². The Morgan fingerprint density at radius 2 is 1.57 bits per heavy atom. The van der Waals surface area contributed by atoms with Crippen LogP contribution in [-0.2, 0) is 4.79 Å². The SMILES string of the molecule is O=C1CN(C(=O)N2C(c3ccc(Cl)cc3)=NC(c3ccc(Cl)cc3)C2c2cccc(Cl)c2)CCN1.